The van der Waals surface area contributed by atoms with Crippen LogP contribution in [0.3, 0.4) is 0 Å². The molecule has 1 aromatic heterocycles. The van der Waals surface area contributed by atoms with Gasteiger partial charge in [-0.3, -0.25) is 0 Å². The lowest BCUT2D eigenvalue weighted by Crippen LogP contribution is -2.32. The third kappa shape index (κ3) is 3.41. The van der Waals surface area contributed by atoms with E-state index in [4.69, 9.17) is 0 Å². The van der Waals surface area contributed by atoms with Crippen molar-refractivity contribution < 1.29 is 4.57 Å². The Labute approximate surface area is 114 Å². The van der Waals surface area contributed by atoms with Gasteiger partial charge in [-0.05, 0) is 30.7 Å². The molecular weight excluding hydrogens is 234 g/mol. The Kier molecular flexibility index (Phi) is 3.95. The molecule has 0 aliphatic carbocycles. The van der Waals surface area contributed by atoms with E-state index in [0.29, 0.717) is 0 Å². The third-order valence-corrected chi connectivity index (χ3v) is 3.04. The van der Waals surface area contributed by atoms with Crippen LogP contribution in [-0.2, 0) is 7.05 Å². The van der Waals surface area contributed by atoms with E-state index in [1.54, 1.807) is 0 Å². The van der Waals surface area contributed by atoms with Gasteiger partial charge in [0.2, 0.25) is 5.69 Å². The summed E-state index contributed by atoms with van der Waals surface area (Å²) in [5, 5.41) is 0. The van der Waals surface area contributed by atoms with Gasteiger partial charge in [0.15, 0.2) is 6.20 Å². The Morgan fingerprint density at radius 1 is 1.11 bits per heavy atom. The van der Waals surface area contributed by atoms with Gasteiger partial charge in [-0.25, -0.2) is 4.98 Å². The smallest absolute Gasteiger partial charge is 0.223 e. The lowest BCUT2D eigenvalue weighted by atomic mass is 10.2. The van der Waals surface area contributed by atoms with Gasteiger partial charge < -0.3 is 4.90 Å². The van der Waals surface area contributed by atoms with Crippen molar-refractivity contribution in [2.45, 2.75) is 6.92 Å². The summed E-state index contributed by atoms with van der Waals surface area (Å²) in [4.78, 5) is 6.41. The van der Waals surface area contributed by atoms with Crippen LogP contribution in [0.25, 0.3) is 12.2 Å². The molecule has 2 aromatic rings. The summed E-state index contributed by atoms with van der Waals surface area (Å²) in [6.45, 7) is 1.99. The van der Waals surface area contributed by atoms with Crippen molar-refractivity contribution in [1.82, 2.24) is 4.98 Å². The molecule has 2 rings (SSSR count). The average Bonchev–Trinajstić information content (AvgIpc) is 2.38. The summed E-state index contributed by atoms with van der Waals surface area (Å²) >= 11 is 0. The molecule has 0 N–H and O–H groups in total. The number of anilines is 1. The highest BCUT2D eigenvalue weighted by Gasteiger charge is 2.02. The average molecular weight is 254 g/mol. The first kappa shape index (κ1) is 13.3. The normalized spacial score (nSPS) is 10.9. The number of aryl methyl sites for hydroxylation is 2. The van der Waals surface area contributed by atoms with Crippen molar-refractivity contribution in [2.75, 3.05) is 19.0 Å². The molecule has 0 bridgehead atoms. The molecule has 0 saturated carbocycles. The van der Waals surface area contributed by atoms with Gasteiger partial charge in [0, 0.05) is 25.9 Å². The van der Waals surface area contributed by atoms with E-state index in [2.05, 4.69) is 50.9 Å². The monoisotopic (exact) mass is 254 g/mol. The summed E-state index contributed by atoms with van der Waals surface area (Å²) in [7, 11) is 6.12. The van der Waals surface area contributed by atoms with Crippen molar-refractivity contribution in [3.05, 3.63) is 53.6 Å². The van der Waals surface area contributed by atoms with Crippen LogP contribution < -0.4 is 9.47 Å². The highest BCUT2D eigenvalue weighted by molar-refractivity contribution is 5.67. The van der Waals surface area contributed by atoms with Crippen LogP contribution >= 0.6 is 0 Å². The summed E-state index contributed by atoms with van der Waals surface area (Å²) < 4.78 is 2.08. The third-order valence-electron chi connectivity index (χ3n) is 3.04. The molecule has 0 aliphatic rings. The van der Waals surface area contributed by atoms with Crippen LogP contribution in [0.1, 0.15) is 17.0 Å². The summed E-state index contributed by atoms with van der Waals surface area (Å²) in [5.74, 6) is 0. The van der Waals surface area contributed by atoms with E-state index in [1.165, 1.54) is 11.3 Å². The van der Waals surface area contributed by atoms with Crippen molar-refractivity contribution in [3.8, 4) is 0 Å². The fourth-order valence-corrected chi connectivity index (χ4v) is 1.87. The minimum absolute atomic E-state index is 1.02. The fourth-order valence-electron chi connectivity index (χ4n) is 1.87. The van der Waals surface area contributed by atoms with Crippen molar-refractivity contribution in [1.29, 1.82) is 0 Å². The SMILES string of the molecule is Cc1c[n+](C)c(/C=C/c2ccc(N(C)C)cc2)cn1. The van der Waals surface area contributed by atoms with Crippen LogP contribution in [0.5, 0.6) is 0 Å². The predicted molar refractivity (Wildman–Crippen MR) is 79.8 cm³/mol. The number of nitrogens with zero attached hydrogens (tertiary/aromatic N) is 3. The van der Waals surface area contributed by atoms with E-state index in [-0.39, 0.29) is 0 Å². The Morgan fingerprint density at radius 2 is 1.79 bits per heavy atom. The van der Waals surface area contributed by atoms with Crippen molar-refractivity contribution in [2.24, 2.45) is 7.05 Å². The van der Waals surface area contributed by atoms with E-state index >= 15 is 0 Å². The second-order valence-electron chi connectivity index (χ2n) is 4.88. The maximum Gasteiger partial charge on any atom is 0.223 e. The second-order valence-corrected chi connectivity index (χ2v) is 4.88. The molecule has 1 heterocycles. The molecule has 0 aliphatic heterocycles. The Hall–Kier alpha value is -2.16. The van der Waals surface area contributed by atoms with Gasteiger partial charge >= 0.3 is 0 Å². The number of aromatic nitrogens is 2. The Balaban J connectivity index is 2.18. The molecule has 1 aromatic carbocycles. The van der Waals surface area contributed by atoms with Gasteiger partial charge in [0.1, 0.15) is 12.7 Å². The molecule has 0 amide bonds. The summed E-state index contributed by atoms with van der Waals surface area (Å²) in [6, 6.07) is 8.47. The van der Waals surface area contributed by atoms with Crippen molar-refractivity contribution in [3.63, 3.8) is 0 Å². The Morgan fingerprint density at radius 3 is 2.37 bits per heavy atom. The topological polar surface area (TPSA) is 20.0 Å². The predicted octanol–water partition coefficient (Wildman–Crippen LogP) is 2.45. The van der Waals surface area contributed by atoms with Gasteiger partial charge in [0.25, 0.3) is 0 Å². The van der Waals surface area contributed by atoms with E-state index in [9.17, 15) is 0 Å². The minimum Gasteiger partial charge on any atom is -0.378 e. The number of hydrogen-bond acceptors (Lipinski definition) is 2. The summed E-state index contributed by atoms with van der Waals surface area (Å²) in [5.41, 5.74) is 4.50. The molecule has 0 spiro atoms. The fraction of sp³-hybridized carbons (Fsp3) is 0.250. The number of hydrogen-bond donors (Lipinski definition) is 0. The van der Waals surface area contributed by atoms with Crippen LogP contribution in [0.2, 0.25) is 0 Å². The Bertz CT molecular complexity index is 583. The molecule has 0 saturated heterocycles. The van der Waals surface area contributed by atoms with Crippen molar-refractivity contribution >= 4 is 17.8 Å². The number of benzene rings is 1. The van der Waals surface area contributed by atoms with E-state index in [0.717, 1.165) is 11.4 Å². The minimum atomic E-state index is 1.02. The molecule has 3 nitrogen and oxygen atoms in total. The molecule has 98 valence electrons. The number of rotatable bonds is 3. The van der Waals surface area contributed by atoms with E-state index < -0.39 is 0 Å². The first-order chi connectivity index (χ1) is 9.06. The molecule has 0 atom stereocenters. The maximum atomic E-state index is 4.31. The molecule has 3 heteroatoms. The second kappa shape index (κ2) is 5.65. The molecule has 0 unspecified atom stereocenters. The van der Waals surface area contributed by atoms with Crippen LogP contribution in [0.15, 0.2) is 36.7 Å². The maximum absolute atomic E-state index is 4.31. The van der Waals surface area contributed by atoms with Crippen LogP contribution in [0.4, 0.5) is 5.69 Å². The van der Waals surface area contributed by atoms with E-state index in [1.807, 2.05) is 40.5 Å². The largest absolute Gasteiger partial charge is 0.378 e. The zero-order valence-electron chi connectivity index (χ0n) is 12.0. The quantitative estimate of drug-likeness (QED) is 0.784. The van der Waals surface area contributed by atoms with Crippen LogP contribution in [-0.4, -0.2) is 19.1 Å². The molecule has 0 radical (unpaired) electrons. The van der Waals surface area contributed by atoms with Gasteiger partial charge in [-0.15, -0.1) is 0 Å². The highest BCUT2D eigenvalue weighted by Crippen LogP contribution is 2.13. The zero-order valence-corrected chi connectivity index (χ0v) is 12.0. The standard InChI is InChI=1S/C16H20N3/c1-13-12-19(4)16(11-17-13)10-7-14-5-8-15(9-6-14)18(2)3/h5-12H,1-4H3/q+1. The first-order valence-corrected chi connectivity index (χ1v) is 6.34. The molecular formula is C16H20N3+. The lowest BCUT2D eigenvalue weighted by molar-refractivity contribution is -0.674. The molecule has 0 fully saturated rings. The molecule has 19 heavy (non-hydrogen) atoms. The lowest BCUT2D eigenvalue weighted by Gasteiger charge is -2.11. The van der Waals surface area contributed by atoms with Crippen LogP contribution in [0, 0.1) is 6.92 Å². The highest BCUT2D eigenvalue weighted by atomic mass is 15.1. The summed E-state index contributed by atoms with van der Waals surface area (Å²) in [6.07, 6.45) is 8.09. The van der Waals surface area contributed by atoms with Gasteiger partial charge in [-0.2, -0.15) is 4.57 Å². The zero-order chi connectivity index (χ0) is 13.8. The van der Waals surface area contributed by atoms with Gasteiger partial charge in [0.05, 0.1) is 6.20 Å². The van der Waals surface area contributed by atoms with Gasteiger partial charge in [-0.1, -0.05) is 12.1 Å². The first-order valence-electron chi connectivity index (χ1n) is 6.34.